The van der Waals surface area contributed by atoms with Crippen LogP contribution in [0.2, 0.25) is 0 Å². The first-order valence-corrected chi connectivity index (χ1v) is 6.61. The van der Waals surface area contributed by atoms with E-state index < -0.39 is 17.7 Å². The predicted molar refractivity (Wildman–Crippen MR) is 78.9 cm³/mol. The van der Waals surface area contributed by atoms with Crippen LogP contribution in [0.25, 0.3) is 10.8 Å². The highest BCUT2D eigenvalue weighted by Crippen LogP contribution is 2.29. The largest absolute Gasteiger partial charge is 0.320 e. The smallest absolute Gasteiger partial charge is 0.131 e. The molecule has 0 aliphatic carbocycles. The lowest BCUT2D eigenvalue weighted by Gasteiger charge is -2.16. The quantitative estimate of drug-likeness (QED) is 0.776. The summed E-state index contributed by atoms with van der Waals surface area (Å²) in [6.45, 7) is 1.59. The van der Waals surface area contributed by atoms with Gasteiger partial charge in [0.2, 0.25) is 0 Å². The molecule has 1 atom stereocenters. The molecular weight excluding hydrogens is 270 g/mol. The summed E-state index contributed by atoms with van der Waals surface area (Å²) in [6.07, 6.45) is 3.36. The monoisotopic (exact) mass is 284 g/mol. The molecule has 106 valence electrons. The van der Waals surface area contributed by atoms with Gasteiger partial charge in [-0.1, -0.05) is 24.3 Å². The van der Waals surface area contributed by atoms with E-state index in [0.717, 1.165) is 22.4 Å². The molecule has 0 fully saturated rings. The summed E-state index contributed by atoms with van der Waals surface area (Å²) in [5.41, 5.74) is 7.56. The van der Waals surface area contributed by atoms with Crippen LogP contribution in [-0.2, 0) is 0 Å². The Hall–Kier alpha value is -2.33. The van der Waals surface area contributed by atoms with Gasteiger partial charge < -0.3 is 5.73 Å². The fraction of sp³-hybridized carbons (Fsp3) is 0.118. The standard InChI is InChI=1S/C17H14F2N2/c1-10-6-13(16(19)7-15(10)18)17(20)14-9-21-8-11-4-2-3-5-12(11)14/h2-9,17H,20H2,1H3. The molecule has 0 spiro atoms. The lowest BCUT2D eigenvalue weighted by molar-refractivity contribution is 0.561. The number of aromatic nitrogens is 1. The van der Waals surface area contributed by atoms with Crippen LogP contribution >= 0.6 is 0 Å². The molecule has 3 aromatic rings. The van der Waals surface area contributed by atoms with Crippen molar-refractivity contribution in [2.24, 2.45) is 5.73 Å². The SMILES string of the molecule is Cc1cc(C(N)c2cncc3ccccc23)c(F)cc1F. The summed E-state index contributed by atoms with van der Waals surface area (Å²) in [6, 6.07) is 9.28. The zero-order valence-electron chi connectivity index (χ0n) is 11.5. The van der Waals surface area contributed by atoms with Crippen molar-refractivity contribution in [2.45, 2.75) is 13.0 Å². The molecule has 2 N–H and O–H groups in total. The van der Waals surface area contributed by atoms with E-state index in [4.69, 9.17) is 5.73 Å². The molecule has 0 saturated carbocycles. The van der Waals surface area contributed by atoms with Crippen LogP contribution < -0.4 is 5.73 Å². The van der Waals surface area contributed by atoms with Gasteiger partial charge in [-0.3, -0.25) is 4.98 Å². The van der Waals surface area contributed by atoms with Crippen molar-refractivity contribution in [1.29, 1.82) is 0 Å². The fourth-order valence-electron chi connectivity index (χ4n) is 2.47. The van der Waals surface area contributed by atoms with Crippen molar-refractivity contribution in [3.05, 3.63) is 77.1 Å². The second-order valence-corrected chi connectivity index (χ2v) is 5.05. The zero-order valence-corrected chi connectivity index (χ0v) is 11.5. The molecule has 21 heavy (non-hydrogen) atoms. The van der Waals surface area contributed by atoms with Crippen LogP contribution in [0.5, 0.6) is 0 Å². The second kappa shape index (κ2) is 5.22. The van der Waals surface area contributed by atoms with Gasteiger partial charge in [-0.2, -0.15) is 0 Å². The minimum absolute atomic E-state index is 0.270. The molecule has 1 aromatic heterocycles. The Kier molecular flexibility index (Phi) is 3.39. The van der Waals surface area contributed by atoms with Gasteiger partial charge in [-0.15, -0.1) is 0 Å². The van der Waals surface area contributed by atoms with Crippen LogP contribution in [0.4, 0.5) is 8.78 Å². The normalized spacial score (nSPS) is 12.6. The number of aryl methyl sites for hydroxylation is 1. The van der Waals surface area contributed by atoms with E-state index in [1.54, 1.807) is 19.3 Å². The number of fused-ring (bicyclic) bond motifs is 1. The van der Waals surface area contributed by atoms with Crippen LogP contribution in [0.15, 0.2) is 48.8 Å². The number of rotatable bonds is 2. The molecule has 0 aliphatic rings. The highest BCUT2D eigenvalue weighted by Gasteiger charge is 2.18. The van der Waals surface area contributed by atoms with Gasteiger partial charge in [-0.05, 0) is 29.5 Å². The van der Waals surface area contributed by atoms with Gasteiger partial charge >= 0.3 is 0 Å². The van der Waals surface area contributed by atoms with Crippen molar-refractivity contribution >= 4 is 10.8 Å². The average Bonchev–Trinajstić information content (AvgIpc) is 2.49. The van der Waals surface area contributed by atoms with Crippen molar-refractivity contribution < 1.29 is 8.78 Å². The molecule has 4 heteroatoms. The van der Waals surface area contributed by atoms with Crippen molar-refractivity contribution in [1.82, 2.24) is 4.98 Å². The molecule has 0 bridgehead atoms. The lowest BCUT2D eigenvalue weighted by Crippen LogP contribution is -2.15. The van der Waals surface area contributed by atoms with Gasteiger partial charge in [0.1, 0.15) is 11.6 Å². The van der Waals surface area contributed by atoms with E-state index in [9.17, 15) is 8.78 Å². The minimum atomic E-state index is -0.692. The minimum Gasteiger partial charge on any atom is -0.320 e. The Balaban J connectivity index is 2.17. The van der Waals surface area contributed by atoms with Gasteiger partial charge in [-0.25, -0.2) is 8.78 Å². The predicted octanol–water partition coefficient (Wildman–Crippen LogP) is 3.87. The molecule has 0 saturated heterocycles. The number of nitrogens with two attached hydrogens (primary N) is 1. The summed E-state index contributed by atoms with van der Waals surface area (Å²) in [5, 5.41) is 1.85. The molecule has 0 amide bonds. The fourth-order valence-corrected chi connectivity index (χ4v) is 2.47. The van der Waals surface area contributed by atoms with Crippen LogP contribution in [-0.4, -0.2) is 4.98 Å². The first kappa shape index (κ1) is 13.6. The van der Waals surface area contributed by atoms with Crippen LogP contribution in [0, 0.1) is 18.6 Å². The summed E-state index contributed by atoms with van der Waals surface area (Å²) in [5.74, 6) is -1.21. The highest BCUT2D eigenvalue weighted by atomic mass is 19.1. The molecule has 3 rings (SSSR count). The number of nitrogens with zero attached hydrogens (tertiary/aromatic N) is 1. The number of halogens is 2. The van der Waals surface area contributed by atoms with E-state index in [0.29, 0.717) is 5.56 Å². The molecule has 2 aromatic carbocycles. The third-order valence-corrected chi connectivity index (χ3v) is 3.65. The van der Waals surface area contributed by atoms with E-state index >= 15 is 0 Å². The maximum absolute atomic E-state index is 14.0. The van der Waals surface area contributed by atoms with Crippen molar-refractivity contribution in [3.8, 4) is 0 Å². The molecule has 1 heterocycles. The lowest BCUT2D eigenvalue weighted by atomic mass is 9.95. The Labute approximate surface area is 121 Å². The molecule has 1 unspecified atom stereocenters. The average molecular weight is 284 g/mol. The van der Waals surface area contributed by atoms with Gasteiger partial charge in [0, 0.05) is 29.4 Å². The maximum atomic E-state index is 14.0. The number of benzene rings is 2. The Morgan fingerprint density at radius 1 is 1.00 bits per heavy atom. The second-order valence-electron chi connectivity index (χ2n) is 5.05. The van der Waals surface area contributed by atoms with E-state index in [1.807, 2.05) is 24.3 Å². The van der Waals surface area contributed by atoms with E-state index in [1.165, 1.54) is 6.07 Å². The third kappa shape index (κ3) is 2.38. The molecular formula is C17H14F2N2. The number of pyridine rings is 1. The maximum Gasteiger partial charge on any atom is 0.131 e. The van der Waals surface area contributed by atoms with Crippen LogP contribution in [0.1, 0.15) is 22.7 Å². The number of hydrogen-bond donors (Lipinski definition) is 1. The molecule has 0 aliphatic heterocycles. The summed E-state index contributed by atoms with van der Waals surface area (Å²) in [4.78, 5) is 4.15. The van der Waals surface area contributed by atoms with E-state index in [-0.39, 0.29) is 5.56 Å². The van der Waals surface area contributed by atoms with Gasteiger partial charge in [0.15, 0.2) is 0 Å². The van der Waals surface area contributed by atoms with Crippen LogP contribution in [0.3, 0.4) is 0 Å². The summed E-state index contributed by atoms with van der Waals surface area (Å²) >= 11 is 0. The Morgan fingerprint density at radius 2 is 1.76 bits per heavy atom. The first-order valence-electron chi connectivity index (χ1n) is 6.61. The van der Waals surface area contributed by atoms with E-state index in [2.05, 4.69) is 4.98 Å². The summed E-state index contributed by atoms with van der Waals surface area (Å²) < 4.78 is 27.4. The third-order valence-electron chi connectivity index (χ3n) is 3.65. The summed E-state index contributed by atoms with van der Waals surface area (Å²) in [7, 11) is 0. The molecule has 0 radical (unpaired) electrons. The first-order chi connectivity index (χ1) is 10.1. The number of hydrogen-bond acceptors (Lipinski definition) is 2. The topological polar surface area (TPSA) is 38.9 Å². The Morgan fingerprint density at radius 3 is 2.57 bits per heavy atom. The Bertz CT molecular complexity index is 810. The van der Waals surface area contributed by atoms with Crippen molar-refractivity contribution in [2.75, 3.05) is 0 Å². The van der Waals surface area contributed by atoms with Gasteiger partial charge in [0.05, 0.1) is 6.04 Å². The van der Waals surface area contributed by atoms with Gasteiger partial charge in [0.25, 0.3) is 0 Å². The highest BCUT2D eigenvalue weighted by molar-refractivity contribution is 5.85. The molecule has 2 nitrogen and oxygen atoms in total. The van der Waals surface area contributed by atoms with Crippen molar-refractivity contribution in [3.63, 3.8) is 0 Å². The zero-order chi connectivity index (χ0) is 15.0.